The summed E-state index contributed by atoms with van der Waals surface area (Å²) in [6.45, 7) is 1.03. The van der Waals surface area contributed by atoms with E-state index in [1.165, 1.54) is 16.7 Å². The third kappa shape index (κ3) is 3.18. The molecule has 0 atom stereocenters. The highest BCUT2D eigenvalue weighted by molar-refractivity contribution is 7.90. The summed E-state index contributed by atoms with van der Waals surface area (Å²) in [5.41, 5.74) is 0.509. The number of pyridine rings is 1. The zero-order valence-electron chi connectivity index (χ0n) is 9.99. The molecule has 7 heteroatoms. The average molecular weight is 271 g/mol. The number of nitrogens with zero attached hydrogens (tertiary/aromatic N) is 2. The maximum Gasteiger partial charge on any atom is 0.301 e. The number of nitrogens with one attached hydrogen (secondary N) is 1. The number of aliphatic hydroxyl groups excluding tert-OH is 1. The van der Waals surface area contributed by atoms with Crippen LogP contribution in [0.3, 0.4) is 0 Å². The number of aliphatic hydroxyl groups is 1. The number of hydrogen-bond donors (Lipinski definition) is 2. The standard InChI is InChI=1S/C11H17N3O3S/c15-9-10-3-7-14(8-4-10)18(16,17)13-11-1-5-12-6-2-11/h1-2,5-6,10,15H,3-4,7-9H2,(H,12,13). The monoisotopic (exact) mass is 271 g/mol. The fraction of sp³-hybridized carbons (Fsp3) is 0.545. The molecule has 0 radical (unpaired) electrons. The molecule has 0 bridgehead atoms. The maximum atomic E-state index is 12.1. The van der Waals surface area contributed by atoms with Crippen molar-refractivity contribution in [2.45, 2.75) is 12.8 Å². The van der Waals surface area contributed by atoms with Crippen LogP contribution >= 0.6 is 0 Å². The van der Waals surface area contributed by atoms with Crippen LogP contribution in [-0.2, 0) is 10.2 Å². The lowest BCUT2D eigenvalue weighted by molar-refractivity contribution is 0.170. The van der Waals surface area contributed by atoms with E-state index in [1.54, 1.807) is 12.1 Å². The van der Waals surface area contributed by atoms with Crippen LogP contribution in [0.25, 0.3) is 0 Å². The molecule has 0 amide bonds. The van der Waals surface area contributed by atoms with Gasteiger partial charge in [-0.1, -0.05) is 0 Å². The lowest BCUT2D eigenvalue weighted by atomic mass is 10.00. The molecule has 2 heterocycles. The van der Waals surface area contributed by atoms with Crippen LogP contribution in [0.1, 0.15) is 12.8 Å². The predicted molar refractivity (Wildman–Crippen MR) is 68.2 cm³/mol. The lowest BCUT2D eigenvalue weighted by Crippen LogP contribution is -2.42. The van der Waals surface area contributed by atoms with Gasteiger partial charge in [-0.15, -0.1) is 0 Å². The second-order valence-electron chi connectivity index (χ2n) is 4.37. The third-order valence-corrected chi connectivity index (χ3v) is 4.64. The minimum Gasteiger partial charge on any atom is -0.396 e. The number of aromatic nitrogens is 1. The second-order valence-corrected chi connectivity index (χ2v) is 6.04. The number of hydrogen-bond acceptors (Lipinski definition) is 4. The Balaban J connectivity index is 2.00. The van der Waals surface area contributed by atoms with Gasteiger partial charge in [-0.2, -0.15) is 12.7 Å². The Morgan fingerprint density at radius 3 is 2.50 bits per heavy atom. The van der Waals surface area contributed by atoms with Gasteiger partial charge in [0, 0.05) is 32.1 Å². The Bertz CT molecular complexity index is 470. The quantitative estimate of drug-likeness (QED) is 0.832. The van der Waals surface area contributed by atoms with Crippen molar-refractivity contribution in [1.29, 1.82) is 0 Å². The summed E-state index contributed by atoms with van der Waals surface area (Å²) < 4.78 is 28.1. The van der Waals surface area contributed by atoms with Crippen molar-refractivity contribution in [2.75, 3.05) is 24.4 Å². The fourth-order valence-corrected chi connectivity index (χ4v) is 3.22. The van der Waals surface area contributed by atoms with Crippen LogP contribution < -0.4 is 4.72 Å². The van der Waals surface area contributed by atoms with Gasteiger partial charge in [0.15, 0.2) is 0 Å². The molecule has 0 spiro atoms. The Hall–Kier alpha value is -1.18. The molecule has 1 fully saturated rings. The summed E-state index contributed by atoms with van der Waals surface area (Å²) in [7, 11) is -3.49. The minimum absolute atomic E-state index is 0.131. The van der Waals surface area contributed by atoms with Crippen molar-refractivity contribution in [2.24, 2.45) is 5.92 Å². The van der Waals surface area contributed by atoms with Crippen molar-refractivity contribution in [3.63, 3.8) is 0 Å². The van der Waals surface area contributed by atoms with Gasteiger partial charge in [0.1, 0.15) is 0 Å². The molecule has 1 aliphatic heterocycles. The van der Waals surface area contributed by atoms with Crippen molar-refractivity contribution < 1.29 is 13.5 Å². The molecule has 2 rings (SSSR count). The van der Waals surface area contributed by atoms with Gasteiger partial charge in [-0.25, -0.2) is 0 Å². The molecule has 2 N–H and O–H groups in total. The molecule has 1 aliphatic rings. The Kier molecular flexibility index (Phi) is 4.15. The van der Waals surface area contributed by atoms with E-state index in [0.717, 1.165) is 0 Å². The van der Waals surface area contributed by atoms with Crippen LogP contribution in [0.2, 0.25) is 0 Å². The van der Waals surface area contributed by atoms with E-state index in [1.807, 2.05) is 0 Å². The number of rotatable bonds is 4. The second kappa shape index (κ2) is 5.64. The first-order chi connectivity index (χ1) is 8.62. The lowest BCUT2D eigenvalue weighted by Gasteiger charge is -2.30. The molecular weight excluding hydrogens is 254 g/mol. The largest absolute Gasteiger partial charge is 0.396 e. The highest BCUT2D eigenvalue weighted by Crippen LogP contribution is 2.20. The van der Waals surface area contributed by atoms with E-state index in [4.69, 9.17) is 5.11 Å². The first-order valence-electron chi connectivity index (χ1n) is 5.90. The van der Waals surface area contributed by atoms with Crippen molar-refractivity contribution >= 4 is 15.9 Å². The van der Waals surface area contributed by atoms with Gasteiger partial charge in [-0.3, -0.25) is 9.71 Å². The molecule has 1 aromatic rings. The fourth-order valence-electron chi connectivity index (χ4n) is 1.97. The summed E-state index contributed by atoms with van der Waals surface area (Å²) in [4.78, 5) is 3.83. The van der Waals surface area contributed by atoms with Gasteiger partial charge in [0.2, 0.25) is 0 Å². The van der Waals surface area contributed by atoms with Crippen molar-refractivity contribution in [1.82, 2.24) is 9.29 Å². The first-order valence-corrected chi connectivity index (χ1v) is 7.34. The number of anilines is 1. The molecule has 1 saturated heterocycles. The highest BCUT2D eigenvalue weighted by atomic mass is 32.2. The van der Waals surface area contributed by atoms with Gasteiger partial charge < -0.3 is 5.11 Å². The van der Waals surface area contributed by atoms with Gasteiger partial charge in [0.05, 0.1) is 5.69 Å². The van der Waals surface area contributed by atoms with Gasteiger partial charge in [-0.05, 0) is 30.9 Å². The maximum absolute atomic E-state index is 12.1. The average Bonchev–Trinajstić information content (AvgIpc) is 2.39. The molecule has 0 aliphatic carbocycles. The van der Waals surface area contributed by atoms with E-state index in [9.17, 15) is 8.42 Å². The van der Waals surface area contributed by atoms with Crippen LogP contribution in [0.4, 0.5) is 5.69 Å². The van der Waals surface area contributed by atoms with Gasteiger partial charge >= 0.3 is 10.2 Å². The summed E-state index contributed by atoms with van der Waals surface area (Å²) in [6, 6.07) is 3.22. The SMILES string of the molecule is O=S(=O)(Nc1ccncc1)N1CCC(CO)CC1. The zero-order chi connectivity index (χ0) is 13.0. The number of piperidine rings is 1. The zero-order valence-corrected chi connectivity index (χ0v) is 10.8. The predicted octanol–water partition coefficient (Wildman–Crippen LogP) is 0.443. The molecule has 1 aromatic heterocycles. The van der Waals surface area contributed by atoms with Crippen LogP contribution in [-0.4, -0.2) is 42.5 Å². The molecule has 0 unspecified atom stereocenters. The highest BCUT2D eigenvalue weighted by Gasteiger charge is 2.27. The first kappa shape index (κ1) is 13.3. The minimum atomic E-state index is -3.49. The molecule has 0 aromatic carbocycles. The van der Waals surface area contributed by atoms with Crippen molar-refractivity contribution in [3.8, 4) is 0 Å². The molecule has 18 heavy (non-hydrogen) atoms. The molecule has 6 nitrogen and oxygen atoms in total. The van der Waals surface area contributed by atoms with Gasteiger partial charge in [0.25, 0.3) is 0 Å². The Labute approximate surface area is 107 Å². The van der Waals surface area contributed by atoms with Crippen LogP contribution in [0.15, 0.2) is 24.5 Å². The molecule has 100 valence electrons. The van der Waals surface area contributed by atoms with E-state index >= 15 is 0 Å². The summed E-state index contributed by atoms with van der Waals surface area (Å²) >= 11 is 0. The molecule has 0 saturated carbocycles. The smallest absolute Gasteiger partial charge is 0.301 e. The van der Waals surface area contributed by atoms with E-state index < -0.39 is 10.2 Å². The Morgan fingerprint density at radius 1 is 1.33 bits per heavy atom. The summed E-state index contributed by atoms with van der Waals surface area (Å²) in [5.74, 6) is 0.220. The van der Waals surface area contributed by atoms with Crippen LogP contribution in [0, 0.1) is 5.92 Å². The van der Waals surface area contributed by atoms with E-state index in [0.29, 0.717) is 31.6 Å². The van der Waals surface area contributed by atoms with Crippen molar-refractivity contribution in [3.05, 3.63) is 24.5 Å². The normalized spacial score (nSPS) is 18.7. The third-order valence-electron chi connectivity index (χ3n) is 3.10. The topological polar surface area (TPSA) is 82.5 Å². The Morgan fingerprint density at radius 2 is 1.94 bits per heavy atom. The van der Waals surface area contributed by atoms with E-state index in [2.05, 4.69) is 9.71 Å². The van der Waals surface area contributed by atoms with E-state index in [-0.39, 0.29) is 12.5 Å². The summed E-state index contributed by atoms with van der Waals surface area (Å²) in [6.07, 6.45) is 4.48. The molecular formula is C11H17N3O3S. The van der Waals surface area contributed by atoms with Crippen LogP contribution in [0.5, 0.6) is 0 Å². The summed E-state index contributed by atoms with van der Waals surface area (Å²) in [5, 5.41) is 9.02.